The Morgan fingerprint density at radius 3 is 2.54 bits per heavy atom. The van der Waals surface area contributed by atoms with Crippen LogP contribution in [0.3, 0.4) is 0 Å². The fourth-order valence-electron chi connectivity index (χ4n) is 1.27. The van der Waals surface area contributed by atoms with Gasteiger partial charge in [-0.3, -0.25) is 4.90 Å². The summed E-state index contributed by atoms with van der Waals surface area (Å²) in [5.74, 6) is 0. The molecule has 13 heavy (non-hydrogen) atoms. The van der Waals surface area contributed by atoms with Crippen LogP contribution in [0.15, 0.2) is 0 Å². The van der Waals surface area contributed by atoms with Crippen molar-refractivity contribution in [3.8, 4) is 0 Å². The lowest BCUT2D eigenvalue weighted by atomic mass is 10.2. The smallest absolute Gasteiger partial charge is 0.315 e. The maximum absolute atomic E-state index is 12.2. The van der Waals surface area contributed by atoms with E-state index in [1.54, 1.807) is 0 Å². The predicted molar refractivity (Wildman–Crippen MR) is 41.6 cm³/mol. The van der Waals surface area contributed by atoms with Crippen LogP contribution in [0, 0.1) is 0 Å². The molecule has 0 spiro atoms. The van der Waals surface area contributed by atoms with Gasteiger partial charge in [0.1, 0.15) is 0 Å². The maximum Gasteiger partial charge on any atom is 0.417 e. The molecular formula is C6H13F3N4. The van der Waals surface area contributed by atoms with Gasteiger partial charge in [-0.05, 0) is 0 Å². The van der Waals surface area contributed by atoms with Crippen molar-refractivity contribution in [1.29, 1.82) is 0 Å². The Bertz CT molecular complexity index is 172. The zero-order valence-electron chi connectivity index (χ0n) is 7.01. The molecule has 4 nitrogen and oxygen atoms in total. The molecule has 5 N–H and O–H groups in total. The first-order valence-electron chi connectivity index (χ1n) is 3.97. The van der Waals surface area contributed by atoms with Crippen LogP contribution in [0.5, 0.6) is 0 Å². The summed E-state index contributed by atoms with van der Waals surface area (Å²) in [5, 5.41) is 2.88. The zero-order valence-corrected chi connectivity index (χ0v) is 7.01. The third-order valence-corrected chi connectivity index (χ3v) is 2.02. The molecule has 0 radical (unpaired) electrons. The summed E-state index contributed by atoms with van der Waals surface area (Å²) in [5.41, 5.74) is 10.5. The number of hydrogen-bond acceptors (Lipinski definition) is 4. The van der Waals surface area contributed by atoms with Gasteiger partial charge < -0.3 is 16.8 Å². The van der Waals surface area contributed by atoms with E-state index in [-0.39, 0.29) is 6.54 Å². The average Bonchev–Trinajstić information content (AvgIpc) is 2.02. The zero-order chi connectivity index (χ0) is 10.1. The first-order valence-corrected chi connectivity index (χ1v) is 3.97. The monoisotopic (exact) mass is 198 g/mol. The highest BCUT2D eigenvalue weighted by Crippen LogP contribution is 2.22. The van der Waals surface area contributed by atoms with Crippen LogP contribution >= 0.6 is 0 Å². The van der Waals surface area contributed by atoms with E-state index in [9.17, 15) is 13.2 Å². The molecule has 1 aliphatic heterocycles. The third-order valence-electron chi connectivity index (χ3n) is 2.02. The minimum absolute atomic E-state index is 0.224. The highest BCUT2D eigenvalue weighted by molar-refractivity contribution is 4.82. The van der Waals surface area contributed by atoms with Crippen molar-refractivity contribution in [2.45, 2.75) is 18.5 Å². The number of halogens is 3. The molecule has 1 saturated heterocycles. The normalized spacial score (nSPS) is 28.8. The standard InChI is InChI=1S/C6H13F3N4/c7-6(8,9)5(11)13-2-1-12-3-4(13)10/h4-5,12H,1-3,10-11H2. The summed E-state index contributed by atoms with van der Waals surface area (Å²) in [4.78, 5) is 1.05. The Morgan fingerprint density at radius 2 is 2.08 bits per heavy atom. The largest absolute Gasteiger partial charge is 0.417 e. The van der Waals surface area contributed by atoms with Crippen LogP contribution in [0.25, 0.3) is 0 Å². The van der Waals surface area contributed by atoms with Crippen LogP contribution in [-0.2, 0) is 0 Å². The molecule has 78 valence electrons. The van der Waals surface area contributed by atoms with Gasteiger partial charge in [-0.15, -0.1) is 0 Å². The lowest BCUT2D eigenvalue weighted by Crippen LogP contribution is -2.65. The summed E-state index contributed by atoms with van der Waals surface area (Å²) in [6.07, 6.45) is -7.02. The molecule has 0 aromatic heterocycles. The molecule has 0 aliphatic carbocycles. The van der Waals surface area contributed by atoms with E-state index in [1.165, 1.54) is 0 Å². The molecule has 2 atom stereocenters. The summed E-state index contributed by atoms with van der Waals surface area (Å²) in [6.45, 7) is 1.04. The minimum Gasteiger partial charge on any atom is -0.315 e. The van der Waals surface area contributed by atoms with E-state index in [4.69, 9.17) is 11.5 Å². The molecular weight excluding hydrogens is 185 g/mol. The lowest BCUT2D eigenvalue weighted by Gasteiger charge is -2.38. The summed E-state index contributed by atoms with van der Waals surface area (Å²) in [6, 6.07) is 0. The van der Waals surface area contributed by atoms with Gasteiger partial charge in [-0.25, -0.2) is 0 Å². The van der Waals surface area contributed by atoms with Gasteiger partial charge in [0, 0.05) is 19.6 Å². The fourth-order valence-corrected chi connectivity index (χ4v) is 1.27. The van der Waals surface area contributed by atoms with Crippen molar-refractivity contribution in [2.75, 3.05) is 19.6 Å². The quantitative estimate of drug-likeness (QED) is 0.507. The lowest BCUT2D eigenvalue weighted by molar-refractivity contribution is -0.189. The molecule has 2 unspecified atom stereocenters. The summed E-state index contributed by atoms with van der Waals surface area (Å²) >= 11 is 0. The van der Waals surface area contributed by atoms with Crippen LogP contribution in [0.2, 0.25) is 0 Å². The van der Waals surface area contributed by atoms with Crippen molar-refractivity contribution < 1.29 is 13.2 Å². The van der Waals surface area contributed by atoms with E-state index in [0.29, 0.717) is 13.1 Å². The SMILES string of the molecule is NC1CNCCN1C(N)C(F)(F)F. The van der Waals surface area contributed by atoms with Crippen LogP contribution < -0.4 is 16.8 Å². The first kappa shape index (κ1) is 10.7. The summed E-state index contributed by atoms with van der Waals surface area (Å²) in [7, 11) is 0. The summed E-state index contributed by atoms with van der Waals surface area (Å²) < 4.78 is 36.5. The third kappa shape index (κ3) is 2.53. The second-order valence-corrected chi connectivity index (χ2v) is 3.00. The van der Waals surface area contributed by atoms with Gasteiger partial charge in [-0.1, -0.05) is 0 Å². The number of rotatable bonds is 1. The molecule has 0 amide bonds. The predicted octanol–water partition coefficient (Wildman–Crippen LogP) is -0.976. The molecule has 7 heteroatoms. The second-order valence-electron chi connectivity index (χ2n) is 3.00. The van der Waals surface area contributed by atoms with Crippen LogP contribution in [0.4, 0.5) is 13.2 Å². The van der Waals surface area contributed by atoms with E-state index in [0.717, 1.165) is 4.90 Å². The number of nitrogens with one attached hydrogen (secondary N) is 1. The Kier molecular flexibility index (Phi) is 3.12. The first-order chi connectivity index (χ1) is 5.93. The Morgan fingerprint density at radius 1 is 1.46 bits per heavy atom. The van der Waals surface area contributed by atoms with Gasteiger partial charge >= 0.3 is 6.18 Å². The highest BCUT2D eigenvalue weighted by Gasteiger charge is 2.43. The maximum atomic E-state index is 12.2. The van der Waals surface area contributed by atoms with Crippen molar-refractivity contribution in [1.82, 2.24) is 10.2 Å². The van der Waals surface area contributed by atoms with Crippen molar-refractivity contribution in [3.05, 3.63) is 0 Å². The molecule has 0 aromatic rings. The average molecular weight is 198 g/mol. The number of nitrogens with zero attached hydrogens (tertiary/aromatic N) is 1. The Labute approximate surface area is 74.0 Å². The molecule has 0 aromatic carbocycles. The van der Waals surface area contributed by atoms with Crippen LogP contribution in [0.1, 0.15) is 0 Å². The van der Waals surface area contributed by atoms with Gasteiger partial charge in [-0.2, -0.15) is 13.2 Å². The molecule has 1 rings (SSSR count). The minimum atomic E-state index is -4.41. The van der Waals surface area contributed by atoms with Gasteiger partial charge in [0.05, 0.1) is 6.17 Å². The van der Waals surface area contributed by atoms with Gasteiger partial charge in [0.25, 0.3) is 0 Å². The highest BCUT2D eigenvalue weighted by atomic mass is 19.4. The number of alkyl halides is 3. The number of nitrogens with two attached hydrogens (primary N) is 2. The fraction of sp³-hybridized carbons (Fsp3) is 1.00. The Hall–Kier alpha value is -0.370. The molecule has 1 heterocycles. The van der Waals surface area contributed by atoms with Crippen LogP contribution in [-0.4, -0.2) is 43.0 Å². The number of hydrogen-bond donors (Lipinski definition) is 3. The van der Waals surface area contributed by atoms with Gasteiger partial charge in [0.15, 0.2) is 6.17 Å². The molecule has 1 fully saturated rings. The molecule has 0 bridgehead atoms. The van der Waals surface area contributed by atoms with Crippen molar-refractivity contribution in [2.24, 2.45) is 11.5 Å². The van der Waals surface area contributed by atoms with Gasteiger partial charge in [0.2, 0.25) is 0 Å². The Balaban J connectivity index is 2.58. The van der Waals surface area contributed by atoms with E-state index >= 15 is 0 Å². The molecule has 1 aliphatic rings. The van der Waals surface area contributed by atoms with E-state index in [1.807, 2.05) is 0 Å². The number of piperazine rings is 1. The van der Waals surface area contributed by atoms with Crippen molar-refractivity contribution >= 4 is 0 Å². The molecule has 0 saturated carbocycles. The van der Waals surface area contributed by atoms with E-state index in [2.05, 4.69) is 5.32 Å². The van der Waals surface area contributed by atoms with E-state index < -0.39 is 18.5 Å². The van der Waals surface area contributed by atoms with Crippen molar-refractivity contribution in [3.63, 3.8) is 0 Å². The second kappa shape index (κ2) is 3.79. The topological polar surface area (TPSA) is 67.3 Å².